The summed E-state index contributed by atoms with van der Waals surface area (Å²) in [6.45, 7) is 3.71. The minimum absolute atomic E-state index is 0.0724. The lowest BCUT2D eigenvalue weighted by molar-refractivity contribution is -0.120. The molecule has 1 aromatic carbocycles. The van der Waals surface area contributed by atoms with E-state index in [1.807, 2.05) is 35.2 Å². The fraction of sp³-hybridized carbons (Fsp3) is 0.500. The monoisotopic (exact) mass is 316 g/mol. The summed E-state index contributed by atoms with van der Waals surface area (Å²) in [5, 5.41) is 2.75. The molecule has 1 saturated heterocycles. The molecule has 0 spiro atoms. The van der Waals surface area contributed by atoms with Crippen molar-refractivity contribution >= 4 is 29.1 Å². The summed E-state index contributed by atoms with van der Waals surface area (Å²) in [6.07, 6.45) is -0.103. The molecule has 110 valence electrons. The number of halogens is 2. The number of amides is 1. The van der Waals surface area contributed by atoms with E-state index in [1.54, 1.807) is 0 Å². The number of hydrogen-bond acceptors (Lipinski definition) is 3. The molecule has 2 rings (SSSR count). The molecule has 20 heavy (non-hydrogen) atoms. The lowest BCUT2D eigenvalue weighted by Crippen LogP contribution is -2.52. The fourth-order valence-corrected chi connectivity index (χ4v) is 2.74. The third-order valence-corrected chi connectivity index (χ3v) is 4.15. The maximum atomic E-state index is 11.0. The first-order chi connectivity index (χ1) is 9.50. The normalized spacial score (nSPS) is 20.6. The second kappa shape index (κ2) is 6.76. The van der Waals surface area contributed by atoms with Crippen molar-refractivity contribution in [3.05, 3.63) is 35.9 Å². The highest BCUT2D eigenvalue weighted by atomic mass is 35.5. The molecule has 0 saturated carbocycles. The summed E-state index contributed by atoms with van der Waals surface area (Å²) >= 11 is 13.0. The molecule has 4 nitrogen and oxygen atoms in total. The Bertz CT molecular complexity index is 454. The molecule has 1 amide bonds. The average molecular weight is 317 g/mol. The molecule has 1 aliphatic heterocycles. The summed E-state index contributed by atoms with van der Waals surface area (Å²) in [6, 6.07) is 9.54. The smallest absolute Gasteiger partial charge is 0.216 e. The fourth-order valence-electron chi connectivity index (χ4n) is 2.18. The van der Waals surface area contributed by atoms with Crippen LogP contribution in [0.2, 0.25) is 0 Å². The zero-order valence-electron chi connectivity index (χ0n) is 11.3. The standard InChI is InChI=1S/C14H18Cl2N2O2/c1-11(19)17-9-13-10-18(7-8-20-13)14(15,16)12-5-3-2-4-6-12/h2-6,13H,7-10H2,1H3,(H,17,19). The van der Waals surface area contributed by atoms with Crippen LogP contribution in [0.1, 0.15) is 12.5 Å². The van der Waals surface area contributed by atoms with E-state index in [-0.39, 0.29) is 12.0 Å². The number of rotatable bonds is 4. The van der Waals surface area contributed by atoms with Gasteiger partial charge in [-0.25, -0.2) is 0 Å². The van der Waals surface area contributed by atoms with E-state index in [4.69, 9.17) is 27.9 Å². The molecule has 0 bridgehead atoms. The first kappa shape index (κ1) is 15.6. The summed E-state index contributed by atoms with van der Waals surface area (Å²) in [5.41, 5.74) is 0.837. The molecule has 1 unspecified atom stereocenters. The van der Waals surface area contributed by atoms with Crippen LogP contribution < -0.4 is 5.32 Å². The highest BCUT2D eigenvalue weighted by Gasteiger charge is 2.37. The van der Waals surface area contributed by atoms with Gasteiger partial charge in [0, 0.05) is 32.1 Å². The van der Waals surface area contributed by atoms with Crippen molar-refractivity contribution < 1.29 is 9.53 Å². The van der Waals surface area contributed by atoms with Gasteiger partial charge in [-0.3, -0.25) is 9.69 Å². The number of nitrogens with one attached hydrogen (secondary N) is 1. The summed E-state index contributed by atoms with van der Waals surface area (Å²) < 4.78 is 4.53. The Kier molecular flexibility index (Phi) is 5.27. The molecule has 6 heteroatoms. The highest BCUT2D eigenvalue weighted by Crippen LogP contribution is 2.38. The number of carbonyl (C=O) groups excluding carboxylic acids is 1. The van der Waals surface area contributed by atoms with Crippen LogP contribution in [0.5, 0.6) is 0 Å². The van der Waals surface area contributed by atoms with Crippen molar-refractivity contribution in [1.29, 1.82) is 0 Å². The average Bonchev–Trinajstić information content (AvgIpc) is 2.46. The van der Waals surface area contributed by atoms with Gasteiger partial charge in [0.2, 0.25) is 5.91 Å². The number of ether oxygens (including phenoxy) is 1. The minimum Gasteiger partial charge on any atom is -0.374 e. The van der Waals surface area contributed by atoms with Crippen LogP contribution in [0.3, 0.4) is 0 Å². The third-order valence-electron chi connectivity index (χ3n) is 3.24. The van der Waals surface area contributed by atoms with Gasteiger partial charge in [-0.2, -0.15) is 0 Å². The quantitative estimate of drug-likeness (QED) is 0.683. The molecule has 1 heterocycles. The second-order valence-electron chi connectivity index (χ2n) is 4.78. The largest absolute Gasteiger partial charge is 0.374 e. The molecular weight excluding hydrogens is 299 g/mol. The van der Waals surface area contributed by atoms with Crippen LogP contribution in [0.25, 0.3) is 0 Å². The van der Waals surface area contributed by atoms with Gasteiger partial charge in [0.15, 0.2) is 4.46 Å². The van der Waals surface area contributed by atoms with E-state index in [9.17, 15) is 4.79 Å². The van der Waals surface area contributed by atoms with Gasteiger partial charge in [-0.05, 0) is 0 Å². The maximum absolute atomic E-state index is 11.0. The van der Waals surface area contributed by atoms with E-state index in [2.05, 4.69) is 5.32 Å². The predicted octanol–water partition coefficient (Wildman–Crippen LogP) is 2.11. The molecule has 1 atom stereocenters. The van der Waals surface area contributed by atoms with Gasteiger partial charge in [0.1, 0.15) is 0 Å². The van der Waals surface area contributed by atoms with Crippen LogP contribution in [-0.4, -0.2) is 43.2 Å². The Balaban J connectivity index is 2.02. The number of morpholine rings is 1. The highest BCUT2D eigenvalue weighted by molar-refractivity contribution is 6.47. The number of nitrogens with zero attached hydrogens (tertiary/aromatic N) is 1. The summed E-state index contributed by atoms with van der Waals surface area (Å²) in [4.78, 5) is 12.9. The van der Waals surface area contributed by atoms with E-state index < -0.39 is 4.46 Å². The molecule has 1 N–H and O–H groups in total. The first-order valence-corrected chi connectivity index (χ1v) is 7.30. The van der Waals surface area contributed by atoms with Crippen molar-refractivity contribution in [2.45, 2.75) is 17.5 Å². The third kappa shape index (κ3) is 3.85. The van der Waals surface area contributed by atoms with Crippen molar-refractivity contribution in [1.82, 2.24) is 10.2 Å². The topological polar surface area (TPSA) is 41.6 Å². The Morgan fingerprint density at radius 2 is 2.15 bits per heavy atom. The van der Waals surface area contributed by atoms with Crippen molar-refractivity contribution in [2.75, 3.05) is 26.2 Å². The number of carbonyl (C=O) groups is 1. The number of benzene rings is 1. The van der Waals surface area contributed by atoms with Crippen LogP contribution in [0.4, 0.5) is 0 Å². The van der Waals surface area contributed by atoms with Gasteiger partial charge in [0.25, 0.3) is 0 Å². The molecule has 1 fully saturated rings. The van der Waals surface area contributed by atoms with E-state index in [0.29, 0.717) is 26.2 Å². The van der Waals surface area contributed by atoms with E-state index >= 15 is 0 Å². The van der Waals surface area contributed by atoms with Crippen molar-refractivity contribution in [3.8, 4) is 0 Å². The zero-order chi connectivity index (χ0) is 14.6. The summed E-state index contributed by atoms with van der Waals surface area (Å²) in [5.74, 6) is -0.0724. The SMILES string of the molecule is CC(=O)NCC1CN(C(Cl)(Cl)c2ccccc2)CCO1. The van der Waals surface area contributed by atoms with Gasteiger partial charge in [-0.15, -0.1) is 0 Å². The molecular formula is C14H18Cl2N2O2. The second-order valence-corrected chi connectivity index (χ2v) is 6.07. The van der Waals surface area contributed by atoms with E-state index in [0.717, 1.165) is 5.56 Å². The lowest BCUT2D eigenvalue weighted by Gasteiger charge is -2.40. The maximum Gasteiger partial charge on any atom is 0.216 e. The lowest BCUT2D eigenvalue weighted by atomic mass is 10.1. The Morgan fingerprint density at radius 1 is 1.45 bits per heavy atom. The van der Waals surface area contributed by atoms with Crippen LogP contribution in [0.15, 0.2) is 30.3 Å². The Morgan fingerprint density at radius 3 is 2.80 bits per heavy atom. The van der Waals surface area contributed by atoms with Gasteiger partial charge in [0.05, 0.1) is 12.7 Å². The number of hydrogen-bond donors (Lipinski definition) is 1. The van der Waals surface area contributed by atoms with Gasteiger partial charge in [-0.1, -0.05) is 53.5 Å². The molecule has 1 aromatic rings. The number of alkyl halides is 2. The molecule has 0 radical (unpaired) electrons. The summed E-state index contributed by atoms with van der Waals surface area (Å²) in [7, 11) is 0. The van der Waals surface area contributed by atoms with Gasteiger partial charge >= 0.3 is 0 Å². The zero-order valence-corrected chi connectivity index (χ0v) is 12.8. The van der Waals surface area contributed by atoms with Crippen LogP contribution in [0, 0.1) is 0 Å². The van der Waals surface area contributed by atoms with E-state index in [1.165, 1.54) is 6.92 Å². The van der Waals surface area contributed by atoms with Crippen LogP contribution in [-0.2, 0) is 14.0 Å². The first-order valence-electron chi connectivity index (χ1n) is 6.54. The molecule has 0 aromatic heterocycles. The Labute approximate surface area is 129 Å². The predicted molar refractivity (Wildman–Crippen MR) is 79.8 cm³/mol. The molecule has 0 aliphatic carbocycles. The van der Waals surface area contributed by atoms with Crippen molar-refractivity contribution in [3.63, 3.8) is 0 Å². The Hall–Kier alpha value is -0.810. The van der Waals surface area contributed by atoms with Gasteiger partial charge < -0.3 is 10.1 Å². The minimum atomic E-state index is -1.08. The molecule has 1 aliphatic rings. The van der Waals surface area contributed by atoms with Crippen LogP contribution >= 0.6 is 23.2 Å². The van der Waals surface area contributed by atoms with Crippen molar-refractivity contribution in [2.24, 2.45) is 0 Å².